The molecule has 1 amide bonds. The number of nitrogens with zero attached hydrogens (tertiary/aromatic N) is 2. The van der Waals surface area contributed by atoms with Gasteiger partial charge >= 0.3 is 11.9 Å². The van der Waals surface area contributed by atoms with E-state index in [1.165, 1.54) is 25.7 Å². The normalized spacial score (nSPS) is 11.6. The van der Waals surface area contributed by atoms with E-state index < -0.39 is 30.5 Å². The molecule has 0 aliphatic carbocycles. The first-order valence-electron chi connectivity index (χ1n) is 8.44. The highest BCUT2D eigenvalue weighted by atomic mass is 16.5. The topological polar surface area (TPSA) is 123 Å². The molecular formula is C19H18N4O5. The maximum atomic E-state index is 12.2. The number of carbonyl (C=O) groups is 3. The fourth-order valence-corrected chi connectivity index (χ4v) is 2.70. The lowest BCUT2D eigenvalue weighted by atomic mass is 10.0. The van der Waals surface area contributed by atoms with Crippen molar-refractivity contribution in [1.82, 2.24) is 20.3 Å². The maximum absolute atomic E-state index is 12.2. The summed E-state index contributed by atoms with van der Waals surface area (Å²) >= 11 is 0. The van der Waals surface area contributed by atoms with Gasteiger partial charge in [0.1, 0.15) is 6.04 Å². The highest BCUT2D eigenvalue weighted by Crippen LogP contribution is 2.19. The number of hydrogen-bond donors (Lipinski definition) is 2. The van der Waals surface area contributed by atoms with E-state index in [4.69, 9.17) is 9.47 Å². The summed E-state index contributed by atoms with van der Waals surface area (Å²) in [6.45, 7) is -0.559. The molecule has 0 saturated carbocycles. The summed E-state index contributed by atoms with van der Waals surface area (Å²) in [6.07, 6.45) is 5.98. The van der Waals surface area contributed by atoms with Crippen molar-refractivity contribution >= 4 is 28.7 Å². The molecular weight excluding hydrogens is 364 g/mol. The summed E-state index contributed by atoms with van der Waals surface area (Å²) in [7, 11) is 1.24. The number of nitrogens with one attached hydrogen (secondary N) is 2. The Kier molecular flexibility index (Phi) is 5.95. The number of benzene rings is 1. The van der Waals surface area contributed by atoms with Crippen LogP contribution in [0.2, 0.25) is 0 Å². The Bertz CT molecular complexity index is 986. The fraction of sp³-hybridized carbons (Fsp3) is 0.211. The molecule has 0 unspecified atom stereocenters. The number of ether oxygens (including phenoxy) is 2. The second-order valence-electron chi connectivity index (χ2n) is 5.87. The molecule has 0 aliphatic heterocycles. The molecule has 9 nitrogen and oxygen atoms in total. The molecule has 0 saturated heterocycles. The van der Waals surface area contributed by atoms with Crippen molar-refractivity contribution in [3.05, 3.63) is 60.3 Å². The Morgan fingerprint density at radius 3 is 2.79 bits per heavy atom. The maximum Gasteiger partial charge on any atom is 0.359 e. The number of H-pyrrole nitrogens is 1. The minimum absolute atomic E-state index is 0.0152. The van der Waals surface area contributed by atoms with Crippen molar-refractivity contribution in [1.29, 1.82) is 0 Å². The largest absolute Gasteiger partial charge is 0.467 e. The van der Waals surface area contributed by atoms with Crippen LogP contribution in [0.25, 0.3) is 10.9 Å². The van der Waals surface area contributed by atoms with Crippen molar-refractivity contribution in [3.63, 3.8) is 0 Å². The smallest absolute Gasteiger partial charge is 0.359 e. The number of aromatic nitrogens is 3. The van der Waals surface area contributed by atoms with Gasteiger partial charge in [-0.2, -0.15) is 0 Å². The summed E-state index contributed by atoms with van der Waals surface area (Å²) in [4.78, 5) is 46.7. The van der Waals surface area contributed by atoms with E-state index in [0.29, 0.717) is 0 Å². The molecule has 2 N–H and O–H groups in total. The summed E-state index contributed by atoms with van der Waals surface area (Å²) in [5.74, 6) is -2.01. The first-order chi connectivity index (χ1) is 13.6. The highest BCUT2D eigenvalue weighted by molar-refractivity contribution is 5.91. The van der Waals surface area contributed by atoms with Crippen LogP contribution in [0.5, 0.6) is 0 Å². The van der Waals surface area contributed by atoms with E-state index in [0.717, 1.165) is 16.5 Å². The molecule has 0 radical (unpaired) electrons. The van der Waals surface area contributed by atoms with Gasteiger partial charge in [-0.3, -0.25) is 9.78 Å². The van der Waals surface area contributed by atoms with Gasteiger partial charge in [-0.05, 0) is 11.6 Å². The van der Waals surface area contributed by atoms with Crippen molar-refractivity contribution in [2.45, 2.75) is 12.5 Å². The molecule has 0 spiro atoms. The van der Waals surface area contributed by atoms with Crippen molar-refractivity contribution in [3.8, 4) is 0 Å². The van der Waals surface area contributed by atoms with Crippen molar-refractivity contribution in [2.75, 3.05) is 13.7 Å². The SMILES string of the molecule is COC(=O)[C@@H](Cc1c[nH]c2ccccc12)NC(=O)COC(=O)c1cnccn1. The number of esters is 2. The minimum atomic E-state index is -0.924. The van der Waals surface area contributed by atoms with Gasteiger partial charge in [0.05, 0.1) is 13.3 Å². The van der Waals surface area contributed by atoms with E-state index >= 15 is 0 Å². The quantitative estimate of drug-likeness (QED) is 0.585. The van der Waals surface area contributed by atoms with Crippen LogP contribution >= 0.6 is 0 Å². The molecule has 0 aliphatic rings. The number of amides is 1. The van der Waals surface area contributed by atoms with E-state index in [-0.39, 0.29) is 12.1 Å². The average molecular weight is 382 g/mol. The van der Waals surface area contributed by atoms with Crippen LogP contribution in [0.1, 0.15) is 16.1 Å². The molecule has 0 bridgehead atoms. The summed E-state index contributed by atoms with van der Waals surface area (Å²) in [5.41, 5.74) is 1.76. The predicted octanol–water partition coefficient (Wildman–Crippen LogP) is 1.02. The number of rotatable bonds is 7. The van der Waals surface area contributed by atoms with Gasteiger partial charge in [-0.15, -0.1) is 0 Å². The summed E-state index contributed by atoms with van der Waals surface area (Å²) < 4.78 is 9.68. The molecule has 1 atom stereocenters. The lowest BCUT2D eigenvalue weighted by Gasteiger charge is -2.16. The zero-order valence-electron chi connectivity index (χ0n) is 15.0. The third-order valence-electron chi connectivity index (χ3n) is 4.03. The molecule has 0 fully saturated rings. The Labute approximate surface area is 160 Å². The average Bonchev–Trinajstić information content (AvgIpc) is 3.14. The zero-order valence-corrected chi connectivity index (χ0v) is 15.0. The molecule has 3 aromatic rings. The van der Waals surface area contributed by atoms with Crippen LogP contribution in [0.15, 0.2) is 49.1 Å². The Balaban J connectivity index is 1.63. The molecule has 144 valence electrons. The molecule has 2 aromatic heterocycles. The van der Waals surface area contributed by atoms with Crippen LogP contribution in [0, 0.1) is 0 Å². The van der Waals surface area contributed by atoms with Crippen LogP contribution in [-0.4, -0.2) is 52.6 Å². The second-order valence-corrected chi connectivity index (χ2v) is 5.87. The van der Waals surface area contributed by atoms with Crippen LogP contribution in [-0.2, 0) is 25.5 Å². The lowest BCUT2D eigenvalue weighted by molar-refractivity contribution is -0.145. The van der Waals surface area contributed by atoms with E-state index in [1.54, 1.807) is 6.20 Å². The number of para-hydroxylation sites is 1. The van der Waals surface area contributed by atoms with E-state index in [1.807, 2.05) is 24.3 Å². The monoisotopic (exact) mass is 382 g/mol. The predicted molar refractivity (Wildman–Crippen MR) is 98.3 cm³/mol. The minimum Gasteiger partial charge on any atom is -0.467 e. The van der Waals surface area contributed by atoms with Gasteiger partial charge in [0.15, 0.2) is 12.3 Å². The summed E-state index contributed by atoms with van der Waals surface area (Å²) in [6, 6.07) is 6.69. The number of aromatic amines is 1. The number of carbonyl (C=O) groups excluding carboxylic acids is 3. The Hall–Kier alpha value is -3.75. The lowest BCUT2D eigenvalue weighted by Crippen LogP contribution is -2.44. The van der Waals surface area contributed by atoms with E-state index in [9.17, 15) is 14.4 Å². The molecule has 1 aromatic carbocycles. The number of hydrogen-bond acceptors (Lipinski definition) is 7. The van der Waals surface area contributed by atoms with Crippen molar-refractivity contribution in [2.24, 2.45) is 0 Å². The van der Waals surface area contributed by atoms with Gasteiger partial charge in [-0.1, -0.05) is 18.2 Å². The number of fused-ring (bicyclic) bond motifs is 1. The van der Waals surface area contributed by atoms with Crippen LogP contribution in [0.4, 0.5) is 0 Å². The first kappa shape index (κ1) is 19.0. The third kappa shape index (κ3) is 4.50. The second kappa shape index (κ2) is 8.76. The molecule has 28 heavy (non-hydrogen) atoms. The van der Waals surface area contributed by atoms with E-state index in [2.05, 4.69) is 20.3 Å². The molecule has 3 rings (SSSR count). The fourth-order valence-electron chi connectivity index (χ4n) is 2.70. The third-order valence-corrected chi connectivity index (χ3v) is 4.03. The molecule has 2 heterocycles. The summed E-state index contributed by atoms with van der Waals surface area (Å²) in [5, 5.41) is 3.48. The first-order valence-corrected chi connectivity index (χ1v) is 8.44. The highest BCUT2D eigenvalue weighted by Gasteiger charge is 2.24. The Morgan fingerprint density at radius 2 is 2.04 bits per heavy atom. The number of methoxy groups -OCH3 is 1. The van der Waals surface area contributed by atoms with Crippen LogP contribution < -0.4 is 5.32 Å². The standard InChI is InChI=1S/C19H18N4O5/c1-27-18(25)15(8-12-9-22-14-5-3-2-4-13(12)14)23-17(24)11-28-19(26)16-10-20-6-7-21-16/h2-7,9-10,15,22H,8,11H2,1H3,(H,23,24)/t15-/m1/s1. The Morgan fingerprint density at radius 1 is 1.21 bits per heavy atom. The van der Waals surface area contributed by atoms with Gasteiger partial charge in [0.2, 0.25) is 0 Å². The van der Waals surface area contributed by atoms with Crippen LogP contribution in [0.3, 0.4) is 0 Å². The van der Waals surface area contributed by atoms with Gasteiger partial charge in [0, 0.05) is 35.9 Å². The molecule has 9 heteroatoms. The van der Waals surface area contributed by atoms with Gasteiger partial charge < -0.3 is 19.8 Å². The van der Waals surface area contributed by atoms with Gasteiger partial charge in [0.25, 0.3) is 5.91 Å². The van der Waals surface area contributed by atoms with Crippen molar-refractivity contribution < 1.29 is 23.9 Å². The van der Waals surface area contributed by atoms with Gasteiger partial charge in [-0.25, -0.2) is 14.6 Å². The zero-order chi connectivity index (χ0) is 19.9.